The molecule has 0 atom stereocenters. The Morgan fingerprint density at radius 1 is 0.644 bits per heavy atom. The average molecular weight is 611 g/mol. The van der Waals surface area contributed by atoms with Gasteiger partial charge >= 0.3 is 0 Å². The molecule has 0 saturated carbocycles. The number of non-ortho nitro benzene ring substituents is 2. The highest BCUT2D eigenvalue weighted by molar-refractivity contribution is 6.26. The number of nitro groups is 2. The van der Waals surface area contributed by atoms with Gasteiger partial charge in [0.05, 0.1) is 21.0 Å². The smallest absolute Gasteiger partial charge is 0.270 e. The molecule has 14 heteroatoms. The number of nitrogens with zero attached hydrogens (tertiary/aromatic N) is 5. The van der Waals surface area contributed by atoms with Gasteiger partial charge in [-0.25, -0.2) is 0 Å². The third-order valence-corrected chi connectivity index (χ3v) is 8.13. The molecule has 2 heterocycles. The Labute approximate surface area is 255 Å². The first kappa shape index (κ1) is 29.5. The maximum atomic E-state index is 13.3. The molecule has 0 bridgehead atoms. The van der Waals surface area contributed by atoms with E-state index in [-0.39, 0.29) is 42.1 Å². The zero-order chi connectivity index (χ0) is 32.0. The quantitative estimate of drug-likeness (QED) is 0.115. The highest BCUT2D eigenvalue weighted by atomic mass is 16.6. The van der Waals surface area contributed by atoms with Crippen LogP contribution in [0.3, 0.4) is 0 Å². The lowest BCUT2D eigenvalue weighted by Crippen LogP contribution is -2.45. The van der Waals surface area contributed by atoms with E-state index < -0.39 is 33.5 Å². The van der Waals surface area contributed by atoms with E-state index in [1.54, 1.807) is 36.4 Å². The van der Waals surface area contributed by atoms with Crippen LogP contribution in [-0.4, -0.2) is 94.5 Å². The summed E-state index contributed by atoms with van der Waals surface area (Å²) in [6.07, 6.45) is 0. The van der Waals surface area contributed by atoms with Gasteiger partial charge in [-0.15, -0.1) is 0 Å². The van der Waals surface area contributed by atoms with Crippen molar-refractivity contribution in [3.8, 4) is 0 Å². The maximum Gasteiger partial charge on any atom is 0.270 e. The first-order valence-corrected chi connectivity index (χ1v) is 14.1. The van der Waals surface area contributed by atoms with E-state index >= 15 is 0 Å². The molecule has 0 unspecified atom stereocenters. The Balaban J connectivity index is 1.04. The fraction of sp³-hybridized carbons (Fsp3) is 0.226. The molecule has 4 aromatic carbocycles. The highest BCUT2D eigenvalue weighted by Crippen LogP contribution is 2.34. The normalized spacial score (nSPS) is 14.3. The molecule has 0 saturated heterocycles. The van der Waals surface area contributed by atoms with Crippen molar-refractivity contribution in [2.24, 2.45) is 0 Å². The predicted molar refractivity (Wildman–Crippen MR) is 162 cm³/mol. The molecular formula is C31H26N6O8. The number of carbonyl (C=O) groups excluding carboxylic acids is 4. The minimum atomic E-state index is -0.593. The molecule has 4 amide bonds. The van der Waals surface area contributed by atoms with E-state index in [2.05, 4.69) is 5.32 Å². The molecule has 228 valence electrons. The van der Waals surface area contributed by atoms with Gasteiger partial charge in [-0.3, -0.25) is 49.2 Å². The van der Waals surface area contributed by atoms with Crippen molar-refractivity contribution >= 4 is 56.5 Å². The summed E-state index contributed by atoms with van der Waals surface area (Å²) in [5.74, 6) is -2.11. The fourth-order valence-electron chi connectivity index (χ4n) is 5.87. The van der Waals surface area contributed by atoms with E-state index in [4.69, 9.17) is 0 Å². The van der Waals surface area contributed by atoms with E-state index in [0.717, 1.165) is 9.80 Å². The number of hydrogen-bond acceptors (Lipinski definition) is 10. The summed E-state index contributed by atoms with van der Waals surface area (Å²) in [7, 11) is 1.81. The van der Waals surface area contributed by atoms with Gasteiger partial charge < -0.3 is 10.2 Å². The zero-order valence-corrected chi connectivity index (χ0v) is 24.0. The second-order valence-electron chi connectivity index (χ2n) is 10.9. The van der Waals surface area contributed by atoms with Crippen molar-refractivity contribution in [1.29, 1.82) is 0 Å². The van der Waals surface area contributed by atoms with Gasteiger partial charge in [0.2, 0.25) is 0 Å². The minimum absolute atomic E-state index is 0.0494. The Bertz CT molecular complexity index is 1980. The van der Waals surface area contributed by atoms with Gasteiger partial charge in [-0.05, 0) is 30.0 Å². The molecule has 6 rings (SSSR count). The SMILES string of the molecule is CN(CCNCCN1C(=O)c2cccc3cc([N+](=O)[O-])cc(c23)C1=O)CCN1C(=O)c2cccc3cc([N+](=O)[O-])cc(c23)C1=O. The molecule has 45 heavy (non-hydrogen) atoms. The van der Waals surface area contributed by atoms with Crippen LogP contribution in [0.2, 0.25) is 0 Å². The van der Waals surface area contributed by atoms with Gasteiger partial charge in [-0.2, -0.15) is 0 Å². The standard InChI is InChI=1S/C31H26N6O8/c1-33(12-13-35-29(39)23-7-3-5-19-15-21(37(44)45)17-25(27(19)23)31(35)41)10-8-32-9-11-34-28(38)22-6-2-4-18-14-20(36(42)43)16-24(26(18)22)30(34)40/h2-7,14-17,32H,8-13H2,1H3. The van der Waals surface area contributed by atoms with Crippen LogP contribution in [0.1, 0.15) is 41.4 Å². The Morgan fingerprint density at radius 2 is 1.11 bits per heavy atom. The molecule has 4 aromatic rings. The van der Waals surface area contributed by atoms with Crippen molar-refractivity contribution in [2.45, 2.75) is 0 Å². The Hall–Kier alpha value is -5.60. The van der Waals surface area contributed by atoms with Crippen LogP contribution in [-0.2, 0) is 0 Å². The summed E-state index contributed by atoms with van der Waals surface area (Å²) < 4.78 is 0. The van der Waals surface area contributed by atoms with Crippen molar-refractivity contribution < 1.29 is 29.0 Å². The lowest BCUT2D eigenvalue weighted by atomic mass is 9.93. The van der Waals surface area contributed by atoms with Gasteiger partial charge in [0.25, 0.3) is 35.0 Å². The summed E-state index contributed by atoms with van der Waals surface area (Å²) in [6, 6.07) is 14.8. The number of rotatable bonds is 11. The van der Waals surface area contributed by atoms with Crippen LogP contribution in [0.4, 0.5) is 11.4 Å². The largest absolute Gasteiger partial charge is 0.314 e. The van der Waals surface area contributed by atoms with Crippen LogP contribution < -0.4 is 5.32 Å². The number of hydrogen-bond donors (Lipinski definition) is 1. The Morgan fingerprint density at radius 3 is 1.60 bits per heavy atom. The number of imide groups is 2. The first-order valence-electron chi connectivity index (χ1n) is 14.1. The van der Waals surface area contributed by atoms with Crippen molar-refractivity contribution in [3.63, 3.8) is 0 Å². The first-order chi connectivity index (χ1) is 21.6. The van der Waals surface area contributed by atoms with Crippen LogP contribution in [0, 0.1) is 20.2 Å². The molecule has 0 spiro atoms. The number of nitro benzene ring substituents is 2. The molecule has 14 nitrogen and oxygen atoms in total. The molecule has 2 aliphatic rings. The molecule has 1 N–H and O–H groups in total. The van der Waals surface area contributed by atoms with Crippen LogP contribution >= 0.6 is 0 Å². The van der Waals surface area contributed by atoms with Crippen molar-refractivity contribution in [1.82, 2.24) is 20.0 Å². The summed E-state index contributed by atoms with van der Waals surface area (Å²) in [5.41, 5.74) is 0.409. The third-order valence-electron chi connectivity index (χ3n) is 8.13. The minimum Gasteiger partial charge on any atom is -0.314 e. The van der Waals surface area contributed by atoms with Gasteiger partial charge in [0.15, 0.2) is 0 Å². The summed E-state index contributed by atoms with van der Waals surface area (Å²) in [6.45, 7) is 1.69. The van der Waals surface area contributed by atoms with Crippen LogP contribution in [0.5, 0.6) is 0 Å². The Kier molecular flexibility index (Phi) is 7.52. The monoisotopic (exact) mass is 610 g/mol. The summed E-state index contributed by atoms with van der Waals surface area (Å²) in [5, 5.41) is 27.7. The summed E-state index contributed by atoms with van der Waals surface area (Å²) in [4.78, 5) is 78.5. The van der Waals surface area contributed by atoms with Gasteiger partial charge in [0.1, 0.15) is 0 Å². The number of likely N-dealkylation sites (N-methyl/N-ethyl adjacent to an activating group) is 1. The van der Waals surface area contributed by atoms with Crippen LogP contribution in [0.15, 0.2) is 60.7 Å². The van der Waals surface area contributed by atoms with Crippen molar-refractivity contribution in [2.75, 3.05) is 46.3 Å². The number of benzene rings is 4. The van der Waals surface area contributed by atoms with E-state index in [1.807, 2.05) is 11.9 Å². The van der Waals surface area contributed by atoms with Crippen LogP contribution in [0.25, 0.3) is 21.5 Å². The van der Waals surface area contributed by atoms with E-state index in [1.165, 1.54) is 24.3 Å². The van der Waals surface area contributed by atoms with E-state index in [0.29, 0.717) is 52.3 Å². The molecule has 0 fully saturated rings. The predicted octanol–water partition coefficient (Wildman–Crippen LogP) is 3.22. The van der Waals surface area contributed by atoms with E-state index in [9.17, 15) is 39.4 Å². The summed E-state index contributed by atoms with van der Waals surface area (Å²) >= 11 is 0. The molecular weight excluding hydrogens is 584 g/mol. The second kappa shape index (κ2) is 11.5. The highest BCUT2D eigenvalue weighted by Gasteiger charge is 2.35. The average Bonchev–Trinajstić information content (AvgIpc) is 3.02. The van der Waals surface area contributed by atoms with Gasteiger partial charge in [0, 0.05) is 85.4 Å². The molecule has 0 aliphatic carbocycles. The fourth-order valence-corrected chi connectivity index (χ4v) is 5.87. The molecule has 2 aliphatic heterocycles. The number of nitrogens with one attached hydrogen (secondary N) is 1. The number of carbonyl (C=O) groups is 4. The van der Waals surface area contributed by atoms with Crippen molar-refractivity contribution in [3.05, 3.63) is 103 Å². The topological polar surface area (TPSA) is 176 Å². The second-order valence-corrected chi connectivity index (χ2v) is 10.9. The lowest BCUT2D eigenvalue weighted by Gasteiger charge is -2.29. The zero-order valence-electron chi connectivity index (χ0n) is 24.0. The third kappa shape index (κ3) is 5.15. The maximum absolute atomic E-state index is 13.3. The molecule has 0 radical (unpaired) electrons. The van der Waals surface area contributed by atoms with Gasteiger partial charge in [-0.1, -0.05) is 24.3 Å². The lowest BCUT2D eigenvalue weighted by molar-refractivity contribution is -0.384. The molecule has 0 aromatic heterocycles. The number of amides is 4.